The van der Waals surface area contributed by atoms with Crippen molar-refractivity contribution in [2.24, 2.45) is 20.6 Å². The van der Waals surface area contributed by atoms with Crippen molar-refractivity contribution in [2.75, 3.05) is 46.6 Å². The Labute approximate surface area is 273 Å². The van der Waals surface area contributed by atoms with Crippen LogP contribution in [-0.4, -0.2) is 87.6 Å². The molecule has 1 saturated carbocycles. The zero-order chi connectivity index (χ0) is 32.1. The molecule has 1 amide bonds. The Morgan fingerprint density at radius 1 is 1.04 bits per heavy atom. The van der Waals surface area contributed by atoms with E-state index >= 15 is 0 Å². The van der Waals surface area contributed by atoms with E-state index in [0.29, 0.717) is 44.0 Å². The van der Waals surface area contributed by atoms with Gasteiger partial charge in [0.15, 0.2) is 11.7 Å². The van der Waals surface area contributed by atoms with Crippen LogP contribution in [0.25, 0.3) is 0 Å². The van der Waals surface area contributed by atoms with Gasteiger partial charge >= 0.3 is 6.09 Å². The van der Waals surface area contributed by atoms with Gasteiger partial charge in [0, 0.05) is 60.0 Å². The monoisotopic (exact) mass is 661 g/mol. The summed E-state index contributed by atoms with van der Waals surface area (Å²) in [5.74, 6) is 2.03. The number of hydrogen-bond acceptors (Lipinski definition) is 7. The molecular formula is C33H55N5O5SSi. The predicted octanol–water partition coefficient (Wildman–Crippen LogP) is 5.88. The molecule has 0 radical (unpaired) electrons. The summed E-state index contributed by atoms with van der Waals surface area (Å²) >= 11 is -1.68. The van der Waals surface area contributed by atoms with E-state index in [1.54, 1.807) is 7.11 Å². The molecule has 10 nitrogen and oxygen atoms in total. The second-order valence-corrected chi connectivity index (χ2v) is 20.3. The molecule has 1 saturated heterocycles. The normalized spacial score (nSPS) is 22.4. The Hall–Kier alpha value is -2.28. The summed E-state index contributed by atoms with van der Waals surface area (Å²) < 4.78 is 38.9. The van der Waals surface area contributed by atoms with Crippen LogP contribution in [0.15, 0.2) is 39.1 Å². The minimum atomic E-state index is -1.68. The van der Waals surface area contributed by atoms with Gasteiger partial charge in [-0.25, -0.2) is 9.00 Å². The molecule has 0 spiro atoms. The Morgan fingerprint density at radius 2 is 1.82 bits per heavy atom. The molecule has 252 valence electrons. The number of alkyl carbamates (subject to hydrolysis) is 1. The maximum atomic E-state index is 12.7. The lowest BCUT2D eigenvalue weighted by Gasteiger charge is -2.38. The molecule has 2 heterocycles. The first-order chi connectivity index (χ1) is 21.7. The lowest BCUT2D eigenvalue weighted by Crippen LogP contribution is -2.52. The number of hydrogen-bond donors (Lipinski definition) is 2. The highest BCUT2D eigenvalue weighted by Gasteiger charge is 2.35. The van der Waals surface area contributed by atoms with Crippen molar-refractivity contribution < 1.29 is 23.2 Å². The van der Waals surface area contributed by atoms with Gasteiger partial charge in [-0.2, -0.15) is 0 Å². The second kappa shape index (κ2) is 18.2. The lowest BCUT2D eigenvalue weighted by molar-refractivity contribution is -0.0139. The van der Waals surface area contributed by atoms with Gasteiger partial charge in [-0.1, -0.05) is 82.1 Å². The number of methoxy groups -OCH3 is 1. The third-order valence-corrected chi connectivity index (χ3v) is 11.3. The molecule has 1 aromatic rings. The third-order valence-electron chi connectivity index (χ3n) is 8.91. The van der Waals surface area contributed by atoms with E-state index in [4.69, 9.17) is 14.2 Å². The molecule has 2 N–H and O–H groups in total. The number of nitrogens with one attached hydrogen (secondary N) is 2. The first-order valence-electron chi connectivity index (χ1n) is 16.9. The van der Waals surface area contributed by atoms with E-state index in [0.717, 1.165) is 44.8 Å². The van der Waals surface area contributed by atoms with E-state index in [9.17, 15) is 9.00 Å². The zero-order valence-corrected chi connectivity index (χ0v) is 29.6. The topological polar surface area (TPSA) is 114 Å². The highest BCUT2D eigenvalue weighted by molar-refractivity contribution is 7.83. The van der Waals surface area contributed by atoms with Crippen LogP contribution < -0.4 is 10.6 Å². The molecule has 2 fully saturated rings. The zero-order valence-electron chi connectivity index (χ0n) is 27.8. The van der Waals surface area contributed by atoms with E-state index in [-0.39, 0.29) is 24.2 Å². The molecule has 4 atom stereocenters. The summed E-state index contributed by atoms with van der Waals surface area (Å²) in [5, 5.41) is 6.57. The molecule has 4 rings (SSSR count). The van der Waals surface area contributed by atoms with Gasteiger partial charge in [0.05, 0.1) is 12.7 Å². The van der Waals surface area contributed by atoms with Crippen LogP contribution in [0.1, 0.15) is 69.5 Å². The molecule has 4 unspecified atom stereocenters. The summed E-state index contributed by atoms with van der Waals surface area (Å²) in [4.78, 5) is 14.8. The number of amides is 1. The van der Waals surface area contributed by atoms with Crippen LogP contribution in [-0.2, 0) is 25.4 Å². The van der Waals surface area contributed by atoms with Crippen molar-refractivity contribution in [2.45, 2.75) is 95.6 Å². The molecule has 45 heavy (non-hydrogen) atoms. The number of ether oxygens (including phenoxy) is 3. The lowest BCUT2D eigenvalue weighted by atomic mass is 9.84. The number of nitrogens with zero attached hydrogens (tertiary/aromatic N) is 3. The number of carbonyl (C=O) groups is 1. The molecular weight excluding hydrogens is 607 g/mol. The van der Waals surface area contributed by atoms with Crippen LogP contribution in [0.3, 0.4) is 0 Å². The maximum Gasteiger partial charge on any atom is 0.407 e. The molecule has 2 aliphatic heterocycles. The van der Waals surface area contributed by atoms with Gasteiger partial charge in [0.25, 0.3) is 11.2 Å². The molecule has 1 aromatic carbocycles. The van der Waals surface area contributed by atoms with E-state index in [1.807, 2.05) is 6.07 Å². The van der Waals surface area contributed by atoms with Gasteiger partial charge in [-0.05, 0) is 43.2 Å². The summed E-state index contributed by atoms with van der Waals surface area (Å²) in [6, 6.07) is 11.3. The minimum absolute atomic E-state index is 0.0538. The fourth-order valence-corrected chi connectivity index (χ4v) is 7.88. The van der Waals surface area contributed by atoms with Gasteiger partial charge in [0.2, 0.25) is 0 Å². The van der Waals surface area contributed by atoms with Crippen molar-refractivity contribution in [1.82, 2.24) is 15.5 Å². The second-order valence-electron chi connectivity index (χ2n) is 13.9. The first-order valence-corrected chi connectivity index (χ1v) is 21.7. The average molecular weight is 662 g/mol. The summed E-state index contributed by atoms with van der Waals surface area (Å²) in [5.41, 5.74) is 1.17. The van der Waals surface area contributed by atoms with E-state index in [2.05, 4.69) is 68.2 Å². The van der Waals surface area contributed by atoms with Crippen molar-refractivity contribution in [3.05, 3.63) is 35.9 Å². The molecule has 0 bridgehead atoms. The number of piperidine rings is 1. The molecule has 1 aliphatic carbocycles. The van der Waals surface area contributed by atoms with E-state index in [1.165, 1.54) is 37.7 Å². The number of likely N-dealkylation sites (tertiary alicyclic amines) is 1. The predicted molar refractivity (Wildman–Crippen MR) is 185 cm³/mol. The maximum absolute atomic E-state index is 12.7. The van der Waals surface area contributed by atoms with Crippen LogP contribution in [0, 0.1) is 11.8 Å². The van der Waals surface area contributed by atoms with Gasteiger partial charge in [-0.3, -0.25) is 0 Å². The Kier molecular flexibility index (Phi) is 14.4. The fraction of sp³-hybridized carbons (Fsp3) is 0.727. The highest BCUT2D eigenvalue weighted by atomic mass is 32.2. The third kappa shape index (κ3) is 12.1. The van der Waals surface area contributed by atoms with Crippen LogP contribution in [0.2, 0.25) is 25.7 Å². The molecule has 12 heteroatoms. The van der Waals surface area contributed by atoms with Gasteiger partial charge in [0.1, 0.15) is 0 Å². The van der Waals surface area contributed by atoms with E-state index < -0.39 is 19.2 Å². The Bertz CT molecular complexity index is 1140. The average Bonchev–Trinajstić information content (AvgIpc) is 3.40. The smallest absolute Gasteiger partial charge is 0.407 e. The number of carbonyl (C=O) groups excluding carboxylic acids is 1. The van der Waals surface area contributed by atoms with Crippen LogP contribution >= 0.6 is 0 Å². The highest BCUT2D eigenvalue weighted by Crippen LogP contribution is 2.34. The fourth-order valence-electron chi connectivity index (χ4n) is 6.48. The number of rotatable bonds is 15. The Morgan fingerprint density at radius 3 is 2.56 bits per heavy atom. The van der Waals surface area contributed by atoms with Crippen molar-refractivity contribution >= 4 is 37.0 Å². The number of benzene rings is 1. The molecule has 0 aromatic heterocycles. The molecule has 3 aliphatic rings. The minimum Gasteiger partial charge on any atom is -0.450 e. The van der Waals surface area contributed by atoms with Gasteiger partial charge in [-0.15, -0.1) is 8.80 Å². The quantitative estimate of drug-likeness (QED) is 0.178. The first kappa shape index (κ1) is 35.6. The number of amidine groups is 2. The van der Waals surface area contributed by atoms with Crippen LogP contribution in [0.5, 0.6) is 0 Å². The van der Waals surface area contributed by atoms with Crippen molar-refractivity contribution in [1.29, 1.82) is 0 Å². The van der Waals surface area contributed by atoms with Crippen molar-refractivity contribution in [3.8, 4) is 0 Å². The van der Waals surface area contributed by atoms with Crippen molar-refractivity contribution in [3.63, 3.8) is 0 Å². The standard InChI is InChI=1S/C33H55N5O5SSi/c1-41-19-12-20-42-30(27-15-9-6-10-16-27)28-17-11-18-38(25-28)32-31(36-44(40)37-32)35-29(23-26-13-7-5-8-14-26)24-34-33(39)43-21-22-45(2,3)4/h6,9-10,15-16,26,28-30H,5,7-8,11-14,17-25H2,1-4H3,(H,34,39)(H,35,36). The largest absolute Gasteiger partial charge is 0.450 e. The Balaban J connectivity index is 1.42. The summed E-state index contributed by atoms with van der Waals surface area (Å²) in [6.45, 7) is 10.5. The SMILES string of the molecule is COCCCOC(c1ccccc1)C1CCCN(C2=NS(=O)N=C2NC(CNC(=O)OCC[Si](C)(C)C)CC2CCCCC2)C1. The van der Waals surface area contributed by atoms with Crippen LogP contribution in [0.4, 0.5) is 4.79 Å². The van der Waals surface area contributed by atoms with Gasteiger partial charge < -0.3 is 29.7 Å². The summed E-state index contributed by atoms with van der Waals surface area (Å²) in [6.07, 6.45) is 9.47. The summed E-state index contributed by atoms with van der Waals surface area (Å²) in [7, 11) is 0.424.